The number of aromatic nitrogens is 1. The third kappa shape index (κ3) is 5.17. The maximum absolute atomic E-state index is 12.5. The second kappa shape index (κ2) is 9.43. The van der Waals surface area contributed by atoms with Crippen LogP contribution in [0, 0.1) is 0 Å². The number of nitrogens with one attached hydrogen (secondary N) is 1. The predicted octanol–water partition coefficient (Wildman–Crippen LogP) is 2.56. The summed E-state index contributed by atoms with van der Waals surface area (Å²) >= 11 is 2.85. The third-order valence-corrected chi connectivity index (χ3v) is 6.31. The van der Waals surface area contributed by atoms with Crippen LogP contribution in [-0.2, 0) is 4.79 Å². The van der Waals surface area contributed by atoms with Crippen LogP contribution < -0.4 is 5.32 Å². The number of rotatable bonds is 7. The van der Waals surface area contributed by atoms with E-state index in [1.165, 1.54) is 23.1 Å². The quantitative estimate of drug-likeness (QED) is 0.581. The van der Waals surface area contributed by atoms with Gasteiger partial charge in [-0.1, -0.05) is 23.9 Å². The first-order chi connectivity index (χ1) is 14.2. The number of benzene rings is 1. The highest BCUT2D eigenvalue weighted by atomic mass is 32.2. The zero-order valence-corrected chi connectivity index (χ0v) is 17.5. The molecular weight excluding hydrogens is 408 g/mol. The number of fused-ring (bicyclic) bond motifs is 1. The van der Waals surface area contributed by atoms with Crippen LogP contribution in [0.25, 0.3) is 11.1 Å². The lowest BCUT2D eigenvalue weighted by atomic mass is 10.3. The van der Waals surface area contributed by atoms with Crippen molar-refractivity contribution in [3.63, 3.8) is 0 Å². The lowest BCUT2D eigenvalue weighted by Gasteiger charge is -2.34. The Kier molecular flexibility index (Phi) is 6.48. The zero-order valence-electron chi connectivity index (χ0n) is 15.9. The molecule has 3 aromatic rings. The number of hydrogen-bond donors (Lipinski definition) is 1. The Bertz CT molecular complexity index is 932. The van der Waals surface area contributed by atoms with Crippen molar-refractivity contribution in [1.29, 1.82) is 0 Å². The molecule has 2 aromatic heterocycles. The largest absolute Gasteiger partial charge is 0.431 e. The topological polar surface area (TPSA) is 78.7 Å². The van der Waals surface area contributed by atoms with Gasteiger partial charge in [0.25, 0.3) is 11.1 Å². The molecule has 3 heterocycles. The number of carbonyl (C=O) groups excluding carboxylic acids is 2. The number of carbonyl (C=O) groups is 2. The van der Waals surface area contributed by atoms with Gasteiger partial charge in [0.1, 0.15) is 5.52 Å². The summed E-state index contributed by atoms with van der Waals surface area (Å²) in [6.07, 6.45) is 0. The molecule has 2 amide bonds. The molecule has 1 aliphatic rings. The lowest BCUT2D eigenvalue weighted by molar-refractivity contribution is -0.130. The Morgan fingerprint density at radius 2 is 2.00 bits per heavy atom. The van der Waals surface area contributed by atoms with Crippen molar-refractivity contribution >= 4 is 46.0 Å². The van der Waals surface area contributed by atoms with Gasteiger partial charge in [0.2, 0.25) is 5.91 Å². The van der Waals surface area contributed by atoms with Gasteiger partial charge in [-0.15, -0.1) is 0 Å². The van der Waals surface area contributed by atoms with Gasteiger partial charge in [-0.2, -0.15) is 11.3 Å². The second-order valence-corrected chi connectivity index (χ2v) is 8.43. The molecule has 1 aromatic carbocycles. The van der Waals surface area contributed by atoms with Gasteiger partial charge in [-0.25, -0.2) is 4.98 Å². The highest BCUT2D eigenvalue weighted by Gasteiger charge is 2.21. The van der Waals surface area contributed by atoms with E-state index in [0.717, 1.165) is 30.7 Å². The maximum atomic E-state index is 12.5. The highest BCUT2D eigenvalue weighted by Crippen LogP contribution is 2.23. The SMILES string of the molecule is O=C(NCCN1CCN(C(=O)CSc2nc3ccccc3o2)CC1)c1ccsc1. The molecule has 4 rings (SSSR count). The van der Waals surface area contributed by atoms with E-state index in [1.54, 1.807) is 0 Å². The van der Waals surface area contributed by atoms with Crippen LogP contribution in [0.15, 0.2) is 50.7 Å². The smallest absolute Gasteiger partial charge is 0.257 e. The van der Waals surface area contributed by atoms with Crippen LogP contribution in [0.3, 0.4) is 0 Å². The van der Waals surface area contributed by atoms with Crippen molar-refractivity contribution in [3.8, 4) is 0 Å². The molecule has 0 spiro atoms. The summed E-state index contributed by atoms with van der Waals surface area (Å²) in [5.74, 6) is 0.391. The number of nitrogens with zero attached hydrogens (tertiary/aromatic N) is 3. The first-order valence-electron chi connectivity index (χ1n) is 9.48. The minimum absolute atomic E-state index is 0.0312. The monoisotopic (exact) mass is 430 g/mol. The molecule has 1 N–H and O–H groups in total. The summed E-state index contributed by atoms with van der Waals surface area (Å²) in [5.41, 5.74) is 2.26. The summed E-state index contributed by atoms with van der Waals surface area (Å²) in [5, 5.41) is 7.21. The van der Waals surface area contributed by atoms with Gasteiger partial charge in [0, 0.05) is 50.2 Å². The van der Waals surface area contributed by atoms with Gasteiger partial charge in [-0.3, -0.25) is 14.5 Å². The molecular formula is C20H22N4O3S2. The fourth-order valence-corrected chi connectivity index (χ4v) is 4.55. The number of oxazole rings is 1. The van der Waals surface area contributed by atoms with Crippen LogP contribution in [0.2, 0.25) is 0 Å². The maximum Gasteiger partial charge on any atom is 0.257 e. The third-order valence-electron chi connectivity index (χ3n) is 4.82. The standard InChI is InChI=1S/C20H22N4O3S2/c25-18(14-29-20-22-16-3-1-2-4-17(16)27-20)24-10-8-23(9-11-24)7-6-21-19(26)15-5-12-28-13-15/h1-5,12-13H,6-11,14H2,(H,21,26). The average molecular weight is 431 g/mol. The van der Waals surface area contributed by atoms with Crippen molar-refractivity contribution < 1.29 is 14.0 Å². The van der Waals surface area contributed by atoms with Gasteiger partial charge < -0.3 is 14.6 Å². The molecule has 0 aliphatic carbocycles. The Morgan fingerprint density at radius 1 is 1.17 bits per heavy atom. The fourth-order valence-electron chi connectivity index (χ4n) is 3.17. The highest BCUT2D eigenvalue weighted by molar-refractivity contribution is 7.99. The fraction of sp³-hybridized carbons (Fsp3) is 0.350. The number of thiophene rings is 1. The van der Waals surface area contributed by atoms with Crippen molar-refractivity contribution in [3.05, 3.63) is 46.7 Å². The Hall–Kier alpha value is -2.36. The summed E-state index contributed by atoms with van der Waals surface area (Å²) in [6, 6.07) is 9.41. The molecule has 29 heavy (non-hydrogen) atoms. The van der Waals surface area contributed by atoms with E-state index < -0.39 is 0 Å². The summed E-state index contributed by atoms with van der Waals surface area (Å²) in [4.78, 5) is 33.0. The van der Waals surface area contributed by atoms with E-state index >= 15 is 0 Å². The van der Waals surface area contributed by atoms with E-state index in [4.69, 9.17) is 4.42 Å². The molecule has 7 nitrogen and oxygen atoms in total. The van der Waals surface area contributed by atoms with Gasteiger partial charge in [0.15, 0.2) is 5.58 Å². The summed E-state index contributed by atoms with van der Waals surface area (Å²) < 4.78 is 5.65. The molecule has 1 saturated heterocycles. The van der Waals surface area contributed by atoms with Crippen LogP contribution in [0.4, 0.5) is 0 Å². The normalized spacial score (nSPS) is 15.0. The number of amides is 2. The Morgan fingerprint density at radius 3 is 2.76 bits per heavy atom. The number of piperazine rings is 1. The molecule has 0 radical (unpaired) electrons. The molecule has 9 heteroatoms. The van der Waals surface area contributed by atoms with Crippen molar-refractivity contribution in [2.45, 2.75) is 5.22 Å². The van der Waals surface area contributed by atoms with Crippen LogP contribution >= 0.6 is 23.1 Å². The summed E-state index contributed by atoms with van der Waals surface area (Å²) in [6.45, 7) is 4.42. The first-order valence-corrected chi connectivity index (χ1v) is 11.4. The molecule has 1 aliphatic heterocycles. The Balaban J connectivity index is 1.16. The molecule has 152 valence electrons. The van der Waals surface area contributed by atoms with Crippen LogP contribution in [0.5, 0.6) is 0 Å². The molecule has 0 saturated carbocycles. The van der Waals surface area contributed by atoms with E-state index in [9.17, 15) is 9.59 Å². The lowest BCUT2D eigenvalue weighted by Crippen LogP contribution is -2.50. The predicted molar refractivity (Wildman–Crippen MR) is 114 cm³/mol. The molecule has 0 atom stereocenters. The van der Waals surface area contributed by atoms with Gasteiger partial charge in [-0.05, 0) is 23.6 Å². The van der Waals surface area contributed by atoms with Crippen molar-refractivity contribution in [1.82, 2.24) is 20.1 Å². The average Bonchev–Trinajstić information content (AvgIpc) is 3.42. The molecule has 0 unspecified atom stereocenters. The van der Waals surface area contributed by atoms with E-state index in [1.807, 2.05) is 46.0 Å². The van der Waals surface area contributed by atoms with Gasteiger partial charge in [0.05, 0.1) is 5.75 Å². The summed E-state index contributed by atoms with van der Waals surface area (Å²) in [7, 11) is 0. The van der Waals surface area contributed by atoms with Crippen LogP contribution in [-0.4, -0.2) is 71.6 Å². The van der Waals surface area contributed by atoms with Crippen LogP contribution in [0.1, 0.15) is 10.4 Å². The molecule has 1 fully saturated rings. The van der Waals surface area contributed by atoms with Crippen molar-refractivity contribution in [2.24, 2.45) is 0 Å². The van der Waals surface area contributed by atoms with E-state index in [2.05, 4.69) is 15.2 Å². The Labute approximate surface area is 177 Å². The molecule has 0 bridgehead atoms. The second-order valence-electron chi connectivity index (χ2n) is 6.73. The number of para-hydroxylation sites is 2. The van der Waals surface area contributed by atoms with E-state index in [0.29, 0.717) is 36.2 Å². The van der Waals surface area contributed by atoms with E-state index in [-0.39, 0.29) is 11.8 Å². The number of hydrogen-bond acceptors (Lipinski definition) is 7. The first kappa shape index (κ1) is 19.9. The van der Waals surface area contributed by atoms with Gasteiger partial charge >= 0.3 is 0 Å². The number of thioether (sulfide) groups is 1. The zero-order chi connectivity index (χ0) is 20.1. The minimum atomic E-state index is -0.0312. The van der Waals surface area contributed by atoms with Crippen molar-refractivity contribution in [2.75, 3.05) is 45.0 Å². The minimum Gasteiger partial charge on any atom is -0.431 e.